The number of methoxy groups -OCH3 is 2. The topological polar surface area (TPSA) is 56.2 Å². The first-order valence-electron chi connectivity index (χ1n) is 12.9. The molecule has 198 valence electrons. The summed E-state index contributed by atoms with van der Waals surface area (Å²) in [6, 6.07) is 14.4. The largest absolute Gasteiger partial charge is 0.493 e. The molecule has 4 rings (SSSR count). The third kappa shape index (κ3) is 5.77. The maximum absolute atomic E-state index is 14.0. The Morgan fingerprint density at radius 1 is 0.973 bits per heavy atom. The molecule has 1 saturated heterocycles. The smallest absolute Gasteiger partial charge is 0.270 e. The number of anilines is 1. The summed E-state index contributed by atoms with van der Waals surface area (Å²) in [6.45, 7) is 10.6. The van der Waals surface area contributed by atoms with Crippen LogP contribution in [0.2, 0.25) is 0 Å². The summed E-state index contributed by atoms with van der Waals surface area (Å²) in [4.78, 5) is 18.1. The van der Waals surface area contributed by atoms with Gasteiger partial charge in [0.1, 0.15) is 5.69 Å². The molecule has 1 aromatic heterocycles. The Balaban J connectivity index is 1.63. The number of benzene rings is 2. The number of likely N-dealkylation sites (N-methyl/N-ethyl adjacent to an activating group) is 1. The molecule has 0 N–H and O–H groups in total. The molecule has 3 aromatic rings. The molecule has 7 nitrogen and oxygen atoms in total. The molecule has 0 bridgehead atoms. The first-order chi connectivity index (χ1) is 17.8. The van der Waals surface area contributed by atoms with E-state index in [0.717, 1.165) is 47.7 Å². The van der Waals surface area contributed by atoms with E-state index in [9.17, 15) is 4.79 Å². The zero-order chi connectivity index (χ0) is 26.5. The van der Waals surface area contributed by atoms with Crippen LogP contribution in [0.25, 0.3) is 0 Å². The summed E-state index contributed by atoms with van der Waals surface area (Å²) >= 11 is 0. The van der Waals surface area contributed by atoms with Crippen molar-refractivity contribution < 1.29 is 19.0 Å². The van der Waals surface area contributed by atoms with Gasteiger partial charge in [0.2, 0.25) is 0 Å². The number of nitrogens with zero attached hydrogens (tertiary/aromatic N) is 3. The van der Waals surface area contributed by atoms with E-state index in [-0.39, 0.29) is 5.91 Å². The summed E-state index contributed by atoms with van der Waals surface area (Å²) in [6.07, 6.45) is 0.718. The minimum Gasteiger partial charge on any atom is -0.493 e. The zero-order valence-corrected chi connectivity index (χ0v) is 23.0. The van der Waals surface area contributed by atoms with E-state index < -0.39 is 0 Å². The van der Waals surface area contributed by atoms with Crippen molar-refractivity contribution in [2.45, 2.75) is 33.7 Å². The van der Waals surface area contributed by atoms with Crippen LogP contribution in [0.1, 0.15) is 38.4 Å². The molecule has 0 unspecified atom stereocenters. The van der Waals surface area contributed by atoms with Gasteiger partial charge in [-0.15, -0.1) is 0 Å². The van der Waals surface area contributed by atoms with Crippen molar-refractivity contribution in [2.75, 3.05) is 59.0 Å². The van der Waals surface area contributed by atoms with E-state index in [0.29, 0.717) is 37.8 Å². The molecule has 1 aliphatic rings. The SMILES string of the molecule is COc1ccc(CCN(C)C(=O)c2c(C)c(N3CCOCC3)c(C)n2Cc2cccc(C)c2)cc1OC. The predicted octanol–water partition coefficient (Wildman–Crippen LogP) is 4.63. The zero-order valence-electron chi connectivity index (χ0n) is 23.0. The third-order valence-electron chi connectivity index (χ3n) is 7.21. The number of ether oxygens (including phenoxy) is 3. The van der Waals surface area contributed by atoms with E-state index >= 15 is 0 Å². The minimum atomic E-state index is 0.0354. The highest BCUT2D eigenvalue weighted by atomic mass is 16.5. The third-order valence-corrected chi connectivity index (χ3v) is 7.21. The lowest BCUT2D eigenvalue weighted by atomic mass is 10.1. The number of hydrogen-bond acceptors (Lipinski definition) is 5. The fraction of sp³-hybridized carbons (Fsp3) is 0.433. The molecule has 2 heterocycles. The highest BCUT2D eigenvalue weighted by Gasteiger charge is 2.28. The molecule has 7 heteroatoms. The number of hydrogen-bond donors (Lipinski definition) is 0. The Hall–Kier alpha value is -3.45. The summed E-state index contributed by atoms with van der Waals surface area (Å²) in [7, 11) is 5.15. The molecule has 2 aromatic carbocycles. The van der Waals surface area contributed by atoms with Crippen LogP contribution in [-0.2, 0) is 17.7 Å². The number of rotatable bonds is 9. The van der Waals surface area contributed by atoms with Crippen LogP contribution in [0, 0.1) is 20.8 Å². The average molecular weight is 506 g/mol. The van der Waals surface area contributed by atoms with Crippen LogP contribution in [0.15, 0.2) is 42.5 Å². The first-order valence-corrected chi connectivity index (χ1v) is 12.9. The van der Waals surface area contributed by atoms with Crippen LogP contribution >= 0.6 is 0 Å². The molecule has 0 radical (unpaired) electrons. The van der Waals surface area contributed by atoms with Crippen LogP contribution in [0.5, 0.6) is 11.5 Å². The minimum absolute atomic E-state index is 0.0354. The fourth-order valence-electron chi connectivity index (χ4n) is 5.22. The lowest BCUT2D eigenvalue weighted by Crippen LogP contribution is -2.36. The van der Waals surface area contributed by atoms with Crippen LogP contribution < -0.4 is 14.4 Å². The maximum Gasteiger partial charge on any atom is 0.270 e. The van der Waals surface area contributed by atoms with Gasteiger partial charge in [-0.25, -0.2) is 0 Å². The lowest BCUT2D eigenvalue weighted by molar-refractivity contribution is 0.0785. The quantitative estimate of drug-likeness (QED) is 0.425. The van der Waals surface area contributed by atoms with Gasteiger partial charge >= 0.3 is 0 Å². The number of carbonyl (C=O) groups is 1. The fourth-order valence-corrected chi connectivity index (χ4v) is 5.22. The van der Waals surface area contributed by atoms with Gasteiger partial charge < -0.3 is 28.6 Å². The molecular formula is C30H39N3O4. The molecule has 0 spiro atoms. The van der Waals surface area contributed by atoms with Gasteiger partial charge in [0.05, 0.1) is 33.1 Å². The van der Waals surface area contributed by atoms with E-state index in [1.54, 1.807) is 14.2 Å². The van der Waals surface area contributed by atoms with Gasteiger partial charge in [-0.1, -0.05) is 35.9 Å². The molecule has 1 amide bonds. The van der Waals surface area contributed by atoms with E-state index in [2.05, 4.69) is 54.5 Å². The Labute approximate surface area is 220 Å². The van der Waals surface area contributed by atoms with Crippen molar-refractivity contribution in [3.05, 3.63) is 76.1 Å². The molecule has 1 fully saturated rings. The van der Waals surface area contributed by atoms with Gasteiger partial charge in [-0.2, -0.15) is 0 Å². The second-order valence-corrected chi connectivity index (χ2v) is 9.75. The van der Waals surface area contributed by atoms with Gasteiger partial charge in [0, 0.05) is 44.5 Å². The highest BCUT2D eigenvalue weighted by molar-refractivity contribution is 5.96. The van der Waals surface area contributed by atoms with Crippen molar-refractivity contribution >= 4 is 11.6 Å². The summed E-state index contributed by atoms with van der Waals surface area (Å²) in [5.41, 5.74) is 7.57. The van der Waals surface area contributed by atoms with Crippen LogP contribution in [-0.4, -0.2) is 69.5 Å². The Kier molecular flexibility index (Phi) is 8.44. The average Bonchev–Trinajstić information content (AvgIpc) is 3.15. The van der Waals surface area contributed by atoms with Crippen molar-refractivity contribution in [3.8, 4) is 11.5 Å². The molecular weight excluding hydrogens is 466 g/mol. The molecule has 37 heavy (non-hydrogen) atoms. The van der Waals surface area contributed by atoms with Gasteiger partial charge in [0.25, 0.3) is 5.91 Å². The second kappa shape index (κ2) is 11.7. The number of amides is 1. The van der Waals surface area contributed by atoms with E-state index in [1.807, 2.05) is 30.1 Å². The Morgan fingerprint density at radius 3 is 2.38 bits per heavy atom. The number of aromatic nitrogens is 1. The lowest BCUT2D eigenvalue weighted by Gasteiger charge is -2.29. The first kappa shape index (κ1) is 26.6. The van der Waals surface area contributed by atoms with Crippen molar-refractivity contribution in [3.63, 3.8) is 0 Å². The van der Waals surface area contributed by atoms with Crippen molar-refractivity contribution in [2.24, 2.45) is 0 Å². The van der Waals surface area contributed by atoms with Gasteiger partial charge in [0.15, 0.2) is 11.5 Å². The Bertz CT molecular complexity index is 1240. The summed E-state index contributed by atoms with van der Waals surface area (Å²) < 4.78 is 18.6. The van der Waals surface area contributed by atoms with Gasteiger partial charge in [-0.3, -0.25) is 4.79 Å². The second-order valence-electron chi connectivity index (χ2n) is 9.75. The van der Waals surface area contributed by atoms with Gasteiger partial charge in [-0.05, 0) is 50.5 Å². The van der Waals surface area contributed by atoms with Crippen LogP contribution in [0.3, 0.4) is 0 Å². The van der Waals surface area contributed by atoms with Crippen LogP contribution in [0.4, 0.5) is 5.69 Å². The van der Waals surface area contributed by atoms with Crippen molar-refractivity contribution in [1.29, 1.82) is 0 Å². The Morgan fingerprint density at radius 2 is 1.70 bits per heavy atom. The molecule has 0 saturated carbocycles. The van der Waals surface area contributed by atoms with E-state index in [1.165, 1.54) is 11.1 Å². The number of carbonyl (C=O) groups excluding carboxylic acids is 1. The molecule has 0 atom stereocenters. The highest BCUT2D eigenvalue weighted by Crippen LogP contribution is 2.33. The predicted molar refractivity (Wildman–Crippen MR) is 147 cm³/mol. The summed E-state index contributed by atoms with van der Waals surface area (Å²) in [5.74, 6) is 1.43. The standard InChI is InChI=1S/C30H39N3O4/c1-21-8-7-9-25(18-21)20-33-23(3)28(32-14-16-37-17-15-32)22(2)29(33)30(34)31(4)13-12-24-10-11-26(35-5)27(19-24)36-6/h7-11,18-19H,12-17,20H2,1-6H3. The summed E-state index contributed by atoms with van der Waals surface area (Å²) in [5, 5.41) is 0. The van der Waals surface area contributed by atoms with E-state index in [4.69, 9.17) is 14.2 Å². The monoisotopic (exact) mass is 505 g/mol. The normalized spacial score (nSPS) is 13.5. The number of morpholine rings is 1. The van der Waals surface area contributed by atoms with Crippen molar-refractivity contribution in [1.82, 2.24) is 9.47 Å². The molecule has 1 aliphatic heterocycles. The maximum atomic E-state index is 14.0. The number of aryl methyl sites for hydroxylation is 1. The molecule has 0 aliphatic carbocycles.